The summed E-state index contributed by atoms with van der Waals surface area (Å²) in [5.41, 5.74) is 0.933. The van der Waals surface area contributed by atoms with E-state index in [0.717, 1.165) is 30.0 Å². The highest BCUT2D eigenvalue weighted by Crippen LogP contribution is 2.24. The molecule has 0 unspecified atom stereocenters. The lowest BCUT2D eigenvalue weighted by atomic mass is 10.1. The standard InChI is InChI=1S/C14H14F3N3O3S/c15-14(16,17)23-12-1-3-13(4-2-12)24(21,22)19-10-6-8-20-11(9-10)5-7-18-20/h1-5,7,10,19H,6,8-9H2/t10-/m0/s1. The molecule has 1 aromatic heterocycles. The van der Waals surface area contributed by atoms with Gasteiger partial charge in [-0.25, -0.2) is 13.1 Å². The summed E-state index contributed by atoms with van der Waals surface area (Å²) in [5.74, 6) is -0.469. The molecule has 0 amide bonds. The second-order valence-corrected chi connectivity index (χ2v) is 7.09. The fraction of sp³-hybridized carbons (Fsp3) is 0.357. The van der Waals surface area contributed by atoms with E-state index in [1.807, 2.05) is 10.7 Å². The Balaban J connectivity index is 1.69. The molecule has 1 aliphatic heterocycles. The van der Waals surface area contributed by atoms with Crippen LogP contribution in [0.5, 0.6) is 5.75 Å². The van der Waals surface area contributed by atoms with Gasteiger partial charge in [0, 0.05) is 30.9 Å². The number of nitrogens with zero attached hydrogens (tertiary/aromatic N) is 2. The van der Waals surface area contributed by atoms with Crippen LogP contribution in [0.3, 0.4) is 0 Å². The summed E-state index contributed by atoms with van der Waals surface area (Å²) in [6, 6.07) is 5.64. The van der Waals surface area contributed by atoms with Gasteiger partial charge in [-0.15, -0.1) is 13.2 Å². The number of hydrogen-bond acceptors (Lipinski definition) is 4. The van der Waals surface area contributed by atoms with Gasteiger partial charge < -0.3 is 4.74 Å². The van der Waals surface area contributed by atoms with Crippen LogP contribution in [0.25, 0.3) is 0 Å². The molecule has 1 aromatic carbocycles. The van der Waals surface area contributed by atoms with Crippen molar-refractivity contribution in [2.45, 2.75) is 36.7 Å². The van der Waals surface area contributed by atoms with Gasteiger partial charge in [-0.2, -0.15) is 5.10 Å². The van der Waals surface area contributed by atoms with Crippen LogP contribution in [0.4, 0.5) is 13.2 Å². The van der Waals surface area contributed by atoms with E-state index < -0.39 is 22.1 Å². The Morgan fingerprint density at radius 3 is 2.58 bits per heavy atom. The van der Waals surface area contributed by atoms with Gasteiger partial charge in [0.25, 0.3) is 0 Å². The van der Waals surface area contributed by atoms with Gasteiger partial charge in [0.1, 0.15) is 5.75 Å². The minimum absolute atomic E-state index is 0.115. The van der Waals surface area contributed by atoms with E-state index in [1.54, 1.807) is 6.20 Å². The zero-order valence-electron chi connectivity index (χ0n) is 12.3. The summed E-state index contributed by atoms with van der Waals surface area (Å²) in [7, 11) is -3.82. The fourth-order valence-corrected chi connectivity index (χ4v) is 3.85. The third-order valence-electron chi connectivity index (χ3n) is 3.64. The molecule has 24 heavy (non-hydrogen) atoms. The Morgan fingerprint density at radius 2 is 1.92 bits per heavy atom. The molecule has 0 radical (unpaired) electrons. The van der Waals surface area contributed by atoms with Gasteiger partial charge in [0.2, 0.25) is 10.0 Å². The van der Waals surface area contributed by atoms with Crippen LogP contribution < -0.4 is 9.46 Å². The van der Waals surface area contributed by atoms with Crippen molar-refractivity contribution in [3.8, 4) is 5.75 Å². The van der Waals surface area contributed by atoms with Gasteiger partial charge in [-0.1, -0.05) is 0 Å². The van der Waals surface area contributed by atoms with Crippen molar-refractivity contribution in [2.24, 2.45) is 0 Å². The average molecular weight is 361 g/mol. The van der Waals surface area contributed by atoms with Crippen LogP contribution in [0, 0.1) is 0 Å². The molecule has 0 bridgehead atoms. The highest BCUT2D eigenvalue weighted by atomic mass is 32.2. The molecular formula is C14H14F3N3O3S. The Labute approximate surface area is 136 Å². The summed E-state index contributed by atoms with van der Waals surface area (Å²) in [6.45, 7) is 0.605. The third-order valence-corrected chi connectivity index (χ3v) is 5.18. The zero-order chi connectivity index (χ0) is 17.4. The maximum Gasteiger partial charge on any atom is 0.573 e. The summed E-state index contributed by atoms with van der Waals surface area (Å²) in [4.78, 5) is -0.115. The number of benzene rings is 1. The van der Waals surface area contributed by atoms with Crippen molar-refractivity contribution in [1.29, 1.82) is 0 Å². The second-order valence-electron chi connectivity index (χ2n) is 5.38. The number of fused-ring (bicyclic) bond motifs is 1. The summed E-state index contributed by atoms with van der Waals surface area (Å²) in [6.07, 6.45) is -2.06. The summed E-state index contributed by atoms with van der Waals surface area (Å²) >= 11 is 0. The van der Waals surface area contributed by atoms with E-state index in [2.05, 4.69) is 14.6 Å². The molecule has 0 saturated carbocycles. The van der Waals surface area contributed by atoms with Crippen molar-refractivity contribution < 1.29 is 26.3 Å². The van der Waals surface area contributed by atoms with Crippen LogP contribution >= 0.6 is 0 Å². The molecule has 0 fully saturated rings. The lowest BCUT2D eigenvalue weighted by Gasteiger charge is -2.24. The predicted molar refractivity (Wildman–Crippen MR) is 77.8 cm³/mol. The number of alkyl halides is 3. The van der Waals surface area contributed by atoms with Crippen molar-refractivity contribution in [1.82, 2.24) is 14.5 Å². The molecule has 0 aliphatic carbocycles. The fourth-order valence-electron chi connectivity index (χ4n) is 2.58. The van der Waals surface area contributed by atoms with E-state index in [9.17, 15) is 21.6 Å². The van der Waals surface area contributed by atoms with Crippen molar-refractivity contribution in [2.75, 3.05) is 0 Å². The van der Waals surface area contributed by atoms with Gasteiger partial charge in [0.05, 0.1) is 4.90 Å². The number of aromatic nitrogens is 2. The molecule has 1 aliphatic rings. The number of halogens is 3. The maximum atomic E-state index is 12.4. The average Bonchev–Trinajstić information content (AvgIpc) is 2.93. The zero-order valence-corrected chi connectivity index (χ0v) is 13.1. The SMILES string of the molecule is O=S(=O)(N[C@H]1CCn2nccc2C1)c1ccc(OC(F)(F)F)cc1. The van der Waals surface area contributed by atoms with Crippen LogP contribution in [-0.2, 0) is 23.0 Å². The van der Waals surface area contributed by atoms with Gasteiger partial charge >= 0.3 is 6.36 Å². The molecular weight excluding hydrogens is 347 g/mol. The molecule has 0 saturated heterocycles. The van der Waals surface area contributed by atoms with E-state index >= 15 is 0 Å². The number of ether oxygens (including phenoxy) is 1. The van der Waals surface area contributed by atoms with E-state index in [0.29, 0.717) is 19.4 Å². The first-order valence-electron chi connectivity index (χ1n) is 7.12. The van der Waals surface area contributed by atoms with Crippen LogP contribution in [-0.4, -0.2) is 30.6 Å². The molecule has 3 rings (SSSR count). The van der Waals surface area contributed by atoms with Crippen LogP contribution in [0.15, 0.2) is 41.4 Å². The number of sulfonamides is 1. The monoisotopic (exact) mass is 361 g/mol. The normalized spacial score (nSPS) is 18.2. The second kappa shape index (κ2) is 6.10. The lowest BCUT2D eigenvalue weighted by molar-refractivity contribution is -0.274. The highest BCUT2D eigenvalue weighted by molar-refractivity contribution is 7.89. The molecule has 2 aromatic rings. The summed E-state index contributed by atoms with van der Waals surface area (Å²) in [5, 5.41) is 4.12. The first kappa shape index (κ1) is 16.8. The predicted octanol–water partition coefficient (Wildman–Crippen LogP) is 2.07. The molecule has 130 valence electrons. The Bertz CT molecular complexity index is 816. The largest absolute Gasteiger partial charge is 0.573 e. The number of rotatable bonds is 4. The van der Waals surface area contributed by atoms with Crippen LogP contribution in [0.1, 0.15) is 12.1 Å². The quantitative estimate of drug-likeness (QED) is 0.905. The first-order valence-corrected chi connectivity index (χ1v) is 8.60. The van der Waals surface area contributed by atoms with Crippen LogP contribution in [0.2, 0.25) is 0 Å². The van der Waals surface area contributed by atoms with Crippen molar-refractivity contribution >= 4 is 10.0 Å². The van der Waals surface area contributed by atoms with E-state index in [4.69, 9.17) is 0 Å². The maximum absolute atomic E-state index is 12.4. The molecule has 1 atom stereocenters. The molecule has 6 nitrogen and oxygen atoms in total. The number of aryl methyl sites for hydroxylation is 1. The first-order chi connectivity index (χ1) is 11.2. The Morgan fingerprint density at radius 1 is 1.21 bits per heavy atom. The minimum Gasteiger partial charge on any atom is -0.406 e. The van der Waals surface area contributed by atoms with Gasteiger partial charge in [-0.3, -0.25) is 4.68 Å². The number of hydrogen-bond donors (Lipinski definition) is 1. The van der Waals surface area contributed by atoms with E-state index in [-0.39, 0.29) is 10.9 Å². The lowest BCUT2D eigenvalue weighted by Crippen LogP contribution is -2.40. The summed E-state index contributed by atoms with van der Waals surface area (Å²) < 4.78 is 69.2. The Hall–Kier alpha value is -2.07. The minimum atomic E-state index is -4.82. The Kier molecular flexibility index (Phi) is 4.26. The van der Waals surface area contributed by atoms with Crippen molar-refractivity contribution in [3.63, 3.8) is 0 Å². The molecule has 10 heteroatoms. The molecule has 2 heterocycles. The van der Waals surface area contributed by atoms with Gasteiger partial charge in [-0.05, 0) is 36.8 Å². The smallest absolute Gasteiger partial charge is 0.406 e. The van der Waals surface area contributed by atoms with E-state index in [1.165, 1.54) is 0 Å². The third kappa shape index (κ3) is 3.88. The number of nitrogens with one attached hydrogen (secondary N) is 1. The van der Waals surface area contributed by atoms with Gasteiger partial charge in [0.15, 0.2) is 0 Å². The molecule has 0 spiro atoms. The highest BCUT2D eigenvalue weighted by Gasteiger charge is 2.31. The molecule has 1 N–H and O–H groups in total. The topological polar surface area (TPSA) is 73.2 Å². The van der Waals surface area contributed by atoms with Crippen molar-refractivity contribution in [3.05, 3.63) is 42.2 Å².